The van der Waals surface area contributed by atoms with Crippen LogP contribution in [0.4, 0.5) is 0 Å². The van der Waals surface area contributed by atoms with Crippen LogP contribution in [-0.2, 0) is 0 Å². The Hall–Kier alpha value is -1.02. The fourth-order valence-electron chi connectivity index (χ4n) is 3.45. The van der Waals surface area contributed by atoms with Gasteiger partial charge in [-0.05, 0) is 38.7 Å². The van der Waals surface area contributed by atoms with E-state index in [0.29, 0.717) is 12.1 Å². The Labute approximate surface area is 123 Å². The molecule has 0 bridgehead atoms. The van der Waals surface area contributed by atoms with Gasteiger partial charge >= 0.3 is 0 Å². The summed E-state index contributed by atoms with van der Waals surface area (Å²) in [4.78, 5) is 0. The van der Waals surface area contributed by atoms with Gasteiger partial charge in [0.05, 0.1) is 6.61 Å². The summed E-state index contributed by atoms with van der Waals surface area (Å²) >= 11 is 0. The zero-order valence-corrected chi connectivity index (χ0v) is 13.2. The molecule has 112 valence electrons. The molecule has 0 radical (unpaired) electrons. The third-order valence-electron chi connectivity index (χ3n) is 4.58. The first kappa shape index (κ1) is 15.4. The average molecular weight is 275 g/mol. The lowest BCUT2D eigenvalue weighted by atomic mass is 9.82. The Kier molecular flexibility index (Phi) is 5.90. The van der Waals surface area contributed by atoms with Gasteiger partial charge < -0.3 is 10.1 Å². The molecule has 0 aromatic heterocycles. The van der Waals surface area contributed by atoms with Crippen LogP contribution in [0.5, 0.6) is 5.75 Å². The number of rotatable bonds is 6. The Morgan fingerprint density at radius 2 is 1.95 bits per heavy atom. The molecule has 0 aliphatic heterocycles. The molecule has 0 saturated heterocycles. The maximum absolute atomic E-state index is 5.76. The predicted molar refractivity (Wildman–Crippen MR) is 85.2 cm³/mol. The van der Waals surface area contributed by atoms with Crippen molar-refractivity contribution >= 4 is 0 Å². The van der Waals surface area contributed by atoms with Crippen molar-refractivity contribution in [2.75, 3.05) is 6.61 Å². The third kappa shape index (κ3) is 3.76. The monoisotopic (exact) mass is 275 g/mol. The molecule has 2 nitrogen and oxygen atoms in total. The molecule has 1 N–H and O–H groups in total. The van der Waals surface area contributed by atoms with Crippen LogP contribution in [-0.4, -0.2) is 12.6 Å². The van der Waals surface area contributed by atoms with Gasteiger partial charge in [-0.1, -0.05) is 44.4 Å². The number of hydrogen-bond acceptors (Lipinski definition) is 2. The summed E-state index contributed by atoms with van der Waals surface area (Å²) in [7, 11) is 0. The van der Waals surface area contributed by atoms with Gasteiger partial charge in [-0.25, -0.2) is 0 Å². The van der Waals surface area contributed by atoms with Gasteiger partial charge in [0, 0.05) is 17.6 Å². The van der Waals surface area contributed by atoms with Crippen molar-refractivity contribution in [1.29, 1.82) is 0 Å². The largest absolute Gasteiger partial charge is 0.494 e. The van der Waals surface area contributed by atoms with E-state index in [1.807, 2.05) is 6.92 Å². The van der Waals surface area contributed by atoms with E-state index in [2.05, 4.69) is 43.4 Å². The van der Waals surface area contributed by atoms with E-state index in [4.69, 9.17) is 4.74 Å². The van der Waals surface area contributed by atoms with Crippen LogP contribution in [0.15, 0.2) is 24.3 Å². The van der Waals surface area contributed by atoms with Crippen LogP contribution in [0, 0.1) is 5.92 Å². The van der Waals surface area contributed by atoms with E-state index in [1.165, 1.54) is 37.7 Å². The lowest BCUT2D eigenvalue weighted by Crippen LogP contribution is -2.39. The second kappa shape index (κ2) is 7.68. The van der Waals surface area contributed by atoms with Crippen LogP contribution < -0.4 is 10.1 Å². The van der Waals surface area contributed by atoms with Gasteiger partial charge in [-0.2, -0.15) is 0 Å². The molecule has 1 fully saturated rings. The average Bonchev–Trinajstić information content (AvgIpc) is 2.48. The molecule has 3 unspecified atom stereocenters. The van der Waals surface area contributed by atoms with Gasteiger partial charge in [0.2, 0.25) is 0 Å². The summed E-state index contributed by atoms with van der Waals surface area (Å²) in [5.74, 6) is 1.87. The lowest BCUT2D eigenvalue weighted by molar-refractivity contribution is 0.238. The fourth-order valence-corrected chi connectivity index (χ4v) is 3.45. The predicted octanol–water partition coefficient (Wildman–Crippen LogP) is 4.70. The Morgan fingerprint density at radius 1 is 1.20 bits per heavy atom. The standard InChI is InChI=1S/C18H29NO/c1-4-15-10-6-8-12-17(15)19-14(3)16-11-7-9-13-18(16)20-5-2/h7,9,11,13-15,17,19H,4-6,8,10,12H2,1-3H3. The van der Waals surface area contributed by atoms with Crippen molar-refractivity contribution in [2.24, 2.45) is 5.92 Å². The minimum atomic E-state index is 0.356. The highest BCUT2D eigenvalue weighted by Crippen LogP contribution is 2.31. The van der Waals surface area contributed by atoms with E-state index in [9.17, 15) is 0 Å². The number of ether oxygens (including phenoxy) is 1. The van der Waals surface area contributed by atoms with Crippen LogP contribution in [0.25, 0.3) is 0 Å². The summed E-state index contributed by atoms with van der Waals surface area (Å²) in [5.41, 5.74) is 1.29. The summed E-state index contributed by atoms with van der Waals surface area (Å²) in [5, 5.41) is 3.85. The van der Waals surface area contributed by atoms with Crippen molar-refractivity contribution < 1.29 is 4.74 Å². The normalized spacial score (nSPS) is 24.4. The minimum Gasteiger partial charge on any atom is -0.494 e. The van der Waals surface area contributed by atoms with E-state index in [-0.39, 0.29) is 0 Å². The molecule has 2 heteroatoms. The highest BCUT2D eigenvalue weighted by Gasteiger charge is 2.25. The molecule has 1 saturated carbocycles. The molecule has 0 amide bonds. The van der Waals surface area contributed by atoms with Gasteiger partial charge in [0.25, 0.3) is 0 Å². The first-order valence-corrected chi connectivity index (χ1v) is 8.24. The summed E-state index contributed by atoms with van der Waals surface area (Å²) in [6.07, 6.45) is 6.76. The number of para-hydroxylation sites is 1. The summed E-state index contributed by atoms with van der Waals surface area (Å²) in [6.45, 7) is 7.36. The lowest BCUT2D eigenvalue weighted by Gasteiger charge is -2.34. The maximum Gasteiger partial charge on any atom is 0.124 e. The van der Waals surface area contributed by atoms with Crippen LogP contribution in [0.2, 0.25) is 0 Å². The van der Waals surface area contributed by atoms with Crippen LogP contribution in [0.1, 0.15) is 64.5 Å². The molecular weight excluding hydrogens is 246 g/mol. The Bertz CT molecular complexity index is 404. The SMILES string of the molecule is CCOc1ccccc1C(C)NC1CCCCC1CC. The topological polar surface area (TPSA) is 21.3 Å². The molecule has 1 aliphatic carbocycles. The molecule has 0 spiro atoms. The first-order chi connectivity index (χ1) is 9.76. The molecule has 1 aromatic carbocycles. The highest BCUT2D eigenvalue weighted by molar-refractivity contribution is 5.35. The van der Waals surface area contributed by atoms with E-state index in [1.54, 1.807) is 0 Å². The maximum atomic E-state index is 5.76. The van der Waals surface area contributed by atoms with E-state index >= 15 is 0 Å². The number of benzene rings is 1. The molecule has 2 rings (SSSR count). The smallest absolute Gasteiger partial charge is 0.124 e. The third-order valence-corrected chi connectivity index (χ3v) is 4.58. The second-order valence-corrected chi connectivity index (χ2v) is 5.92. The quantitative estimate of drug-likeness (QED) is 0.812. The zero-order chi connectivity index (χ0) is 14.4. The number of hydrogen-bond donors (Lipinski definition) is 1. The van der Waals surface area contributed by atoms with Gasteiger partial charge in [-0.15, -0.1) is 0 Å². The molecule has 1 aliphatic rings. The van der Waals surface area contributed by atoms with Crippen molar-refractivity contribution in [3.8, 4) is 5.75 Å². The summed E-state index contributed by atoms with van der Waals surface area (Å²) in [6, 6.07) is 9.44. The molecule has 0 heterocycles. The van der Waals surface area contributed by atoms with E-state index < -0.39 is 0 Å². The van der Waals surface area contributed by atoms with Gasteiger partial charge in [-0.3, -0.25) is 0 Å². The molecule has 3 atom stereocenters. The highest BCUT2D eigenvalue weighted by atomic mass is 16.5. The summed E-state index contributed by atoms with van der Waals surface area (Å²) < 4.78 is 5.76. The Morgan fingerprint density at radius 3 is 2.70 bits per heavy atom. The van der Waals surface area contributed by atoms with Crippen molar-refractivity contribution in [2.45, 2.75) is 65.0 Å². The van der Waals surface area contributed by atoms with Crippen LogP contribution in [0.3, 0.4) is 0 Å². The van der Waals surface area contributed by atoms with E-state index in [0.717, 1.165) is 18.3 Å². The fraction of sp³-hybridized carbons (Fsp3) is 0.667. The molecule has 1 aromatic rings. The van der Waals surface area contributed by atoms with Gasteiger partial charge in [0.1, 0.15) is 5.75 Å². The Balaban J connectivity index is 2.05. The number of nitrogens with one attached hydrogen (secondary N) is 1. The molecule has 20 heavy (non-hydrogen) atoms. The van der Waals surface area contributed by atoms with Crippen molar-refractivity contribution in [3.63, 3.8) is 0 Å². The van der Waals surface area contributed by atoms with Crippen LogP contribution >= 0.6 is 0 Å². The van der Waals surface area contributed by atoms with Crippen molar-refractivity contribution in [1.82, 2.24) is 5.32 Å². The second-order valence-electron chi connectivity index (χ2n) is 5.92. The molecular formula is C18H29NO. The van der Waals surface area contributed by atoms with Crippen molar-refractivity contribution in [3.05, 3.63) is 29.8 Å². The minimum absolute atomic E-state index is 0.356. The zero-order valence-electron chi connectivity index (χ0n) is 13.2. The first-order valence-electron chi connectivity index (χ1n) is 8.24. The van der Waals surface area contributed by atoms with Gasteiger partial charge in [0.15, 0.2) is 0 Å².